The van der Waals surface area contributed by atoms with Crippen LogP contribution in [0, 0.1) is 0 Å². The second-order valence-electron chi connectivity index (χ2n) is 6.64. The van der Waals surface area contributed by atoms with Crippen molar-refractivity contribution in [1.29, 1.82) is 0 Å². The molecule has 0 fully saturated rings. The van der Waals surface area contributed by atoms with Crippen LogP contribution in [0.3, 0.4) is 0 Å². The Balaban J connectivity index is 3.21. The average molecular weight is 272 g/mol. The van der Waals surface area contributed by atoms with Crippen LogP contribution in [-0.4, -0.2) is 43.4 Å². The SMILES string of the molecule is CCCCCCCCCCCC[N+](C)(C)CCCO. The molecule has 116 valence electrons. The number of unbranched alkanes of at least 4 members (excludes halogenated alkanes) is 9. The number of hydrogen-bond acceptors (Lipinski definition) is 1. The molecular weight excluding hydrogens is 234 g/mol. The maximum absolute atomic E-state index is 8.87. The van der Waals surface area contributed by atoms with E-state index in [0.29, 0.717) is 6.61 Å². The zero-order valence-electron chi connectivity index (χ0n) is 13.8. The lowest BCUT2D eigenvalue weighted by Gasteiger charge is -2.29. The third-order valence-electron chi connectivity index (χ3n) is 4.04. The van der Waals surface area contributed by atoms with Crippen LogP contribution in [0.15, 0.2) is 0 Å². The van der Waals surface area contributed by atoms with Crippen molar-refractivity contribution in [3.63, 3.8) is 0 Å². The molecule has 0 unspecified atom stereocenters. The Morgan fingerprint density at radius 3 is 1.53 bits per heavy atom. The molecule has 19 heavy (non-hydrogen) atoms. The standard InChI is InChI=1S/C17H38NO/c1-4-5-6-7-8-9-10-11-12-13-15-18(2,3)16-14-17-19/h19H,4-17H2,1-3H3/q+1. The van der Waals surface area contributed by atoms with E-state index in [9.17, 15) is 0 Å². The van der Waals surface area contributed by atoms with Crippen molar-refractivity contribution in [3.05, 3.63) is 0 Å². The third-order valence-corrected chi connectivity index (χ3v) is 4.04. The van der Waals surface area contributed by atoms with E-state index in [0.717, 1.165) is 17.4 Å². The van der Waals surface area contributed by atoms with E-state index in [1.807, 2.05) is 0 Å². The summed E-state index contributed by atoms with van der Waals surface area (Å²) in [4.78, 5) is 0. The van der Waals surface area contributed by atoms with Crippen molar-refractivity contribution < 1.29 is 9.59 Å². The fourth-order valence-corrected chi connectivity index (χ4v) is 2.64. The minimum atomic E-state index is 0.333. The molecule has 0 saturated heterocycles. The van der Waals surface area contributed by atoms with E-state index in [1.165, 1.54) is 70.8 Å². The Kier molecular flexibility index (Phi) is 12.9. The molecule has 0 radical (unpaired) electrons. The Morgan fingerprint density at radius 2 is 1.05 bits per heavy atom. The molecule has 0 aromatic carbocycles. The van der Waals surface area contributed by atoms with E-state index in [2.05, 4.69) is 21.0 Å². The van der Waals surface area contributed by atoms with Gasteiger partial charge in [0, 0.05) is 13.0 Å². The number of aliphatic hydroxyl groups excluding tert-OH is 1. The first-order valence-electron chi connectivity index (χ1n) is 8.55. The fourth-order valence-electron chi connectivity index (χ4n) is 2.64. The van der Waals surface area contributed by atoms with Crippen LogP contribution >= 0.6 is 0 Å². The Hall–Kier alpha value is -0.0800. The van der Waals surface area contributed by atoms with Gasteiger partial charge in [0.2, 0.25) is 0 Å². The van der Waals surface area contributed by atoms with E-state index in [4.69, 9.17) is 5.11 Å². The topological polar surface area (TPSA) is 20.2 Å². The van der Waals surface area contributed by atoms with Crippen LogP contribution in [0.4, 0.5) is 0 Å². The molecule has 0 bridgehead atoms. The summed E-state index contributed by atoms with van der Waals surface area (Å²) in [6, 6.07) is 0. The van der Waals surface area contributed by atoms with Crippen molar-refractivity contribution in [2.45, 2.75) is 77.6 Å². The monoisotopic (exact) mass is 272 g/mol. The molecule has 0 heterocycles. The minimum absolute atomic E-state index is 0.333. The first-order chi connectivity index (χ1) is 9.12. The predicted molar refractivity (Wildman–Crippen MR) is 85.4 cm³/mol. The number of hydrogen-bond donors (Lipinski definition) is 1. The van der Waals surface area contributed by atoms with Crippen molar-refractivity contribution in [1.82, 2.24) is 0 Å². The van der Waals surface area contributed by atoms with Gasteiger partial charge in [0.15, 0.2) is 0 Å². The number of quaternary nitrogens is 1. The first kappa shape index (κ1) is 18.9. The molecule has 2 nitrogen and oxygen atoms in total. The van der Waals surface area contributed by atoms with Gasteiger partial charge in [-0.05, 0) is 12.8 Å². The molecule has 0 rings (SSSR count). The highest BCUT2D eigenvalue weighted by molar-refractivity contribution is 4.47. The van der Waals surface area contributed by atoms with Crippen LogP contribution in [0.1, 0.15) is 77.6 Å². The van der Waals surface area contributed by atoms with Gasteiger partial charge < -0.3 is 9.59 Å². The summed E-state index contributed by atoms with van der Waals surface area (Å²) in [6.07, 6.45) is 15.0. The van der Waals surface area contributed by atoms with Crippen LogP contribution in [0.5, 0.6) is 0 Å². The lowest BCUT2D eigenvalue weighted by atomic mass is 10.1. The lowest BCUT2D eigenvalue weighted by Crippen LogP contribution is -2.41. The van der Waals surface area contributed by atoms with Crippen LogP contribution in [0.2, 0.25) is 0 Å². The highest BCUT2D eigenvalue weighted by Gasteiger charge is 2.12. The van der Waals surface area contributed by atoms with E-state index >= 15 is 0 Å². The van der Waals surface area contributed by atoms with Gasteiger partial charge in [-0.3, -0.25) is 0 Å². The van der Waals surface area contributed by atoms with Gasteiger partial charge in [-0.2, -0.15) is 0 Å². The summed E-state index contributed by atoms with van der Waals surface area (Å²) in [5, 5.41) is 8.87. The van der Waals surface area contributed by atoms with Gasteiger partial charge in [-0.1, -0.05) is 58.3 Å². The van der Waals surface area contributed by atoms with Crippen LogP contribution in [-0.2, 0) is 0 Å². The highest BCUT2D eigenvalue weighted by atomic mass is 16.3. The van der Waals surface area contributed by atoms with E-state index < -0.39 is 0 Å². The van der Waals surface area contributed by atoms with Gasteiger partial charge in [-0.15, -0.1) is 0 Å². The van der Waals surface area contributed by atoms with Crippen molar-refractivity contribution in [3.8, 4) is 0 Å². The van der Waals surface area contributed by atoms with Crippen LogP contribution in [0.25, 0.3) is 0 Å². The lowest BCUT2D eigenvalue weighted by molar-refractivity contribution is -0.890. The molecule has 0 saturated carbocycles. The summed E-state index contributed by atoms with van der Waals surface area (Å²) >= 11 is 0. The predicted octanol–water partition coefficient (Wildman–Crippen LogP) is 4.37. The largest absolute Gasteiger partial charge is 0.396 e. The quantitative estimate of drug-likeness (QED) is 0.368. The molecule has 2 heteroatoms. The molecule has 0 aromatic heterocycles. The second-order valence-corrected chi connectivity index (χ2v) is 6.64. The Morgan fingerprint density at radius 1 is 0.632 bits per heavy atom. The molecule has 1 N–H and O–H groups in total. The van der Waals surface area contributed by atoms with E-state index in [1.54, 1.807) is 0 Å². The zero-order chi connectivity index (χ0) is 14.4. The maximum atomic E-state index is 8.87. The molecule has 0 atom stereocenters. The number of nitrogens with zero attached hydrogens (tertiary/aromatic N) is 1. The smallest absolute Gasteiger partial charge is 0.0804 e. The molecule has 0 aliphatic rings. The van der Waals surface area contributed by atoms with Gasteiger partial charge in [-0.25, -0.2) is 0 Å². The highest BCUT2D eigenvalue weighted by Crippen LogP contribution is 2.11. The number of aliphatic hydroxyl groups is 1. The fraction of sp³-hybridized carbons (Fsp3) is 1.00. The third kappa shape index (κ3) is 14.1. The molecule has 0 aliphatic heterocycles. The summed E-state index contributed by atoms with van der Waals surface area (Å²) in [5.74, 6) is 0. The minimum Gasteiger partial charge on any atom is -0.396 e. The zero-order valence-corrected chi connectivity index (χ0v) is 13.8. The molecule has 0 amide bonds. The molecule has 0 aromatic rings. The second kappa shape index (κ2) is 12.9. The summed E-state index contributed by atoms with van der Waals surface area (Å²) in [5.41, 5.74) is 0. The molecular formula is C17H38NO+. The van der Waals surface area contributed by atoms with Crippen molar-refractivity contribution in [2.75, 3.05) is 33.8 Å². The van der Waals surface area contributed by atoms with Crippen molar-refractivity contribution >= 4 is 0 Å². The first-order valence-corrected chi connectivity index (χ1v) is 8.55. The van der Waals surface area contributed by atoms with Gasteiger partial charge in [0.05, 0.1) is 27.2 Å². The summed E-state index contributed by atoms with van der Waals surface area (Å²) in [6.45, 7) is 4.98. The van der Waals surface area contributed by atoms with Gasteiger partial charge in [0.25, 0.3) is 0 Å². The van der Waals surface area contributed by atoms with Crippen LogP contribution < -0.4 is 0 Å². The van der Waals surface area contributed by atoms with E-state index in [-0.39, 0.29) is 0 Å². The Labute approximate surface area is 121 Å². The van der Waals surface area contributed by atoms with Crippen molar-refractivity contribution in [2.24, 2.45) is 0 Å². The Bertz CT molecular complexity index is 180. The number of rotatable bonds is 14. The summed E-state index contributed by atoms with van der Waals surface area (Å²) in [7, 11) is 4.56. The molecule has 0 spiro atoms. The van der Waals surface area contributed by atoms with Gasteiger partial charge in [0.1, 0.15) is 0 Å². The maximum Gasteiger partial charge on any atom is 0.0804 e. The average Bonchev–Trinajstić information content (AvgIpc) is 2.38. The normalized spacial score (nSPS) is 12.0. The summed E-state index contributed by atoms with van der Waals surface area (Å²) < 4.78 is 1.07. The molecule has 0 aliphatic carbocycles. The van der Waals surface area contributed by atoms with Gasteiger partial charge >= 0.3 is 0 Å².